The summed E-state index contributed by atoms with van der Waals surface area (Å²) in [6.45, 7) is 5.87. The van der Waals surface area contributed by atoms with E-state index in [1.54, 1.807) is 0 Å². The Morgan fingerprint density at radius 3 is 1.48 bits per heavy atom. The summed E-state index contributed by atoms with van der Waals surface area (Å²) in [7, 11) is 0. The second kappa shape index (κ2) is 22.2. The molecule has 9 heteroatoms. The number of rotatable bonds is 19. The second-order valence-corrected chi connectivity index (χ2v) is 15.6. The van der Waals surface area contributed by atoms with Crippen LogP contribution in [0.2, 0.25) is 0 Å². The van der Waals surface area contributed by atoms with Crippen LogP contribution >= 0.6 is 0 Å². The Morgan fingerprint density at radius 2 is 1.02 bits per heavy atom. The van der Waals surface area contributed by atoms with Gasteiger partial charge in [0, 0.05) is 6.42 Å². The number of hydrogen-bond donors (Lipinski definition) is 1. The van der Waals surface area contributed by atoms with E-state index >= 15 is 0 Å². The van der Waals surface area contributed by atoms with E-state index in [0.717, 1.165) is 27.8 Å². The predicted molar refractivity (Wildman–Crippen MR) is 228 cm³/mol. The van der Waals surface area contributed by atoms with Crippen LogP contribution in [0.3, 0.4) is 0 Å². The van der Waals surface area contributed by atoms with Gasteiger partial charge in [0.25, 0.3) is 0 Å². The maximum Gasteiger partial charge on any atom is 0.163 e. The van der Waals surface area contributed by atoms with E-state index in [9.17, 15) is 5.11 Å². The highest BCUT2D eigenvalue weighted by Gasteiger charge is 2.48. The average molecular weight is 813 g/mol. The van der Waals surface area contributed by atoms with Gasteiger partial charge in [0.15, 0.2) is 5.79 Å². The van der Waals surface area contributed by atoms with Crippen LogP contribution in [0.1, 0.15) is 48.1 Å². The Balaban J connectivity index is 1.17. The van der Waals surface area contributed by atoms with E-state index in [-0.39, 0.29) is 26.2 Å². The van der Waals surface area contributed by atoms with Gasteiger partial charge in [-0.25, -0.2) is 0 Å². The van der Waals surface area contributed by atoms with Crippen LogP contribution in [0.15, 0.2) is 152 Å². The molecule has 2 fully saturated rings. The summed E-state index contributed by atoms with van der Waals surface area (Å²) >= 11 is 0. The van der Waals surface area contributed by atoms with Crippen molar-refractivity contribution >= 4 is 0 Å². The smallest absolute Gasteiger partial charge is 0.163 e. The van der Waals surface area contributed by atoms with Crippen LogP contribution in [0, 0.1) is 11.8 Å². The molecule has 0 bridgehead atoms. The molecular formula is C51H56O9. The van der Waals surface area contributed by atoms with Crippen molar-refractivity contribution in [2.24, 2.45) is 0 Å². The summed E-state index contributed by atoms with van der Waals surface area (Å²) in [6.07, 6.45) is -5.13. The molecule has 0 unspecified atom stereocenters. The fourth-order valence-electron chi connectivity index (χ4n) is 7.44. The van der Waals surface area contributed by atoms with Gasteiger partial charge in [0.05, 0.1) is 52.4 Å². The summed E-state index contributed by atoms with van der Waals surface area (Å²) in [5.74, 6) is 5.53. The van der Waals surface area contributed by atoms with E-state index in [2.05, 4.69) is 11.8 Å². The Bertz CT molecular complexity index is 2020. The van der Waals surface area contributed by atoms with Crippen molar-refractivity contribution in [3.8, 4) is 11.8 Å². The third-order valence-corrected chi connectivity index (χ3v) is 10.5. The number of aliphatic hydroxyl groups is 1. The minimum Gasteiger partial charge on any atom is -0.378 e. The van der Waals surface area contributed by atoms with Crippen molar-refractivity contribution in [1.29, 1.82) is 0 Å². The Kier molecular flexibility index (Phi) is 16.1. The minimum absolute atomic E-state index is 0.223. The zero-order chi connectivity index (χ0) is 41.4. The van der Waals surface area contributed by atoms with Crippen molar-refractivity contribution < 1.29 is 43.0 Å². The number of aliphatic hydroxyl groups excluding tert-OH is 1. The summed E-state index contributed by atoms with van der Waals surface area (Å²) in [6, 6.07) is 50.0. The van der Waals surface area contributed by atoms with Crippen LogP contribution in [0.25, 0.3) is 0 Å². The molecule has 0 saturated carbocycles. The molecule has 0 aliphatic carbocycles. The van der Waals surface area contributed by atoms with E-state index in [1.807, 2.05) is 166 Å². The summed E-state index contributed by atoms with van der Waals surface area (Å²) < 4.78 is 52.2. The number of benzene rings is 5. The lowest BCUT2D eigenvalue weighted by atomic mass is 9.92. The fourth-order valence-corrected chi connectivity index (χ4v) is 7.44. The van der Waals surface area contributed by atoms with Crippen LogP contribution in [-0.2, 0) is 70.9 Å². The van der Waals surface area contributed by atoms with Gasteiger partial charge < -0.3 is 43.0 Å². The molecule has 2 aliphatic rings. The summed E-state index contributed by atoms with van der Waals surface area (Å²) in [4.78, 5) is 0. The van der Waals surface area contributed by atoms with Crippen molar-refractivity contribution in [3.63, 3.8) is 0 Å². The summed E-state index contributed by atoms with van der Waals surface area (Å²) in [5, 5.41) is 11.7. The largest absolute Gasteiger partial charge is 0.378 e. The molecule has 0 spiro atoms. The average Bonchev–Trinajstić information content (AvgIpc) is 3.65. The molecule has 2 saturated heterocycles. The lowest BCUT2D eigenvalue weighted by Gasteiger charge is -2.46. The van der Waals surface area contributed by atoms with Crippen molar-refractivity contribution in [1.82, 2.24) is 0 Å². The first-order valence-electron chi connectivity index (χ1n) is 20.8. The first kappa shape index (κ1) is 43.4. The van der Waals surface area contributed by atoms with Crippen molar-refractivity contribution in [2.75, 3.05) is 13.2 Å². The molecule has 1 N–H and O–H groups in total. The lowest BCUT2D eigenvalue weighted by Crippen LogP contribution is -2.61. The SMILES string of the molecule is CC1(C)OC[C@@H]([C@@H](OCc2ccccc2)[C@H](O)C#CC[C@@H]2O[C@H](COCc3ccccc3)[C@@H](OCc3ccccc3)[C@H](OCc3ccccc3)[C@H]2OCc2ccccc2)O1. The molecule has 8 atom stereocenters. The lowest BCUT2D eigenvalue weighted by molar-refractivity contribution is -0.271. The van der Waals surface area contributed by atoms with Crippen LogP contribution in [0.5, 0.6) is 0 Å². The minimum atomic E-state index is -1.18. The normalized spacial score (nSPS) is 23.3. The Labute approximate surface area is 354 Å². The highest BCUT2D eigenvalue weighted by atomic mass is 16.8. The maximum absolute atomic E-state index is 11.7. The quantitative estimate of drug-likeness (QED) is 0.0829. The van der Waals surface area contributed by atoms with Gasteiger partial charge in [-0.3, -0.25) is 0 Å². The molecule has 0 radical (unpaired) electrons. The zero-order valence-electron chi connectivity index (χ0n) is 34.4. The monoisotopic (exact) mass is 812 g/mol. The van der Waals surface area contributed by atoms with Gasteiger partial charge in [0.2, 0.25) is 0 Å². The summed E-state index contributed by atoms with van der Waals surface area (Å²) in [5.41, 5.74) is 5.08. The Hall–Kier alpha value is -4.70. The maximum atomic E-state index is 11.7. The van der Waals surface area contributed by atoms with Gasteiger partial charge in [-0.2, -0.15) is 0 Å². The third-order valence-electron chi connectivity index (χ3n) is 10.5. The third kappa shape index (κ3) is 12.9. The Morgan fingerprint density at radius 1 is 0.583 bits per heavy atom. The zero-order valence-corrected chi connectivity index (χ0v) is 34.4. The molecule has 5 aromatic rings. The molecule has 7 rings (SSSR count). The fraction of sp³-hybridized carbons (Fsp3) is 0.373. The van der Waals surface area contributed by atoms with Crippen molar-refractivity contribution in [3.05, 3.63) is 179 Å². The molecular weight excluding hydrogens is 757 g/mol. The highest BCUT2D eigenvalue weighted by molar-refractivity contribution is 5.18. The van der Waals surface area contributed by atoms with E-state index in [4.69, 9.17) is 37.9 Å². The molecule has 0 aromatic heterocycles. The number of hydrogen-bond acceptors (Lipinski definition) is 9. The first-order valence-corrected chi connectivity index (χ1v) is 20.8. The van der Waals surface area contributed by atoms with Gasteiger partial charge >= 0.3 is 0 Å². The van der Waals surface area contributed by atoms with Gasteiger partial charge in [-0.15, -0.1) is 0 Å². The molecule has 9 nitrogen and oxygen atoms in total. The molecule has 2 aliphatic heterocycles. The van der Waals surface area contributed by atoms with Gasteiger partial charge in [-0.1, -0.05) is 164 Å². The van der Waals surface area contributed by atoms with Crippen LogP contribution in [-0.4, -0.2) is 72.9 Å². The molecule has 0 amide bonds. The topological polar surface area (TPSA) is 94.1 Å². The van der Waals surface area contributed by atoms with Crippen molar-refractivity contribution in [2.45, 2.75) is 108 Å². The highest BCUT2D eigenvalue weighted by Crippen LogP contribution is 2.33. The van der Waals surface area contributed by atoms with Gasteiger partial charge in [-0.05, 0) is 41.7 Å². The first-order chi connectivity index (χ1) is 29.4. The van der Waals surface area contributed by atoms with E-state index in [0.29, 0.717) is 26.4 Å². The standard InChI is InChI=1S/C51H56O9/c1-51(2)58-37-46(60-51)47(54-32-39-21-10-4-11-22-39)43(52)29-18-30-44-48(55-33-40-23-12-5-13-24-40)50(57-35-42-27-16-7-17-28-42)49(56-34-41-25-14-6-15-26-41)45(59-44)36-53-31-38-19-8-3-9-20-38/h3-17,19-28,43-50,52H,30-37H2,1-2H3/t43-,44+,45-,46+,47+,48+,49-,50-/m1/s1. The van der Waals surface area contributed by atoms with Crippen LogP contribution in [0.4, 0.5) is 0 Å². The number of ether oxygens (including phenoxy) is 8. The van der Waals surface area contributed by atoms with E-state index < -0.39 is 54.6 Å². The molecule has 5 aromatic carbocycles. The molecule has 314 valence electrons. The molecule has 2 heterocycles. The van der Waals surface area contributed by atoms with Crippen LogP contribution < -0.4 is 0 Å². The van der Waals surface area contributed by atoms with Gasteiger partial charge in [0.1, 0.15) is 42.7 Å². The predicted octanol–water partition coefficient (Wildman–Crippen LogP) is 8.22. The molecule has 60 heavy (non-hydrogen) atoms. The van der Waals surface area contributed by atoms with E-state index in [1.165, 1.54) is 0 Å². The second-order valence-electron chi connectivity index (χ2n) is 15.6.